The van der Waals surface area contributed by atoms with Crippen molar-refractivity contribution in [3.8, 4) is 5.75 Å². The highest BCUT2D eigenvalue weighted by molar-refractivity contribution is 5.87. The zero-order chi connectivity index (χ0) is 16.8. The Morgan fingerprint density at radius 2 is 1.74 bits per heavy atom. The molecule has 3 rings (SSSR count). The summed E-state index contributed by atoms with van der Waals surface area (Å²) < 4.78 is 5.84. The molecular formula is C20H23NO2. The van der Waals surface area contributed by atoms with Gasteiger partial charge in [-0.3, -0.25) is 0 Å². The van der Waals surface area contributed by atoms with Gasteiger partial charge in [0.05, 0.1) is 0 Å². The van der Waals surface area contributed by atoms with Crippen molar-refractivity contribution in [1.82, 2.24) is 0 Å². The molecule has 3 nitrogen and oxygen atoms in total. The van der Waals surface area contributed by atoms with Crippen molar-refractivity contribution in [2.75, 3.05) is 19.0 Å². The van der Waals surface area contributed by atoms with E-state index >= 15 is 0 Å². The second-order valence-corrected chi connectivity index (χ2v) is 5.46. The fourth-order valence-corrected chi connectivity index (χ4v) is 2.75. The minimum atomic E-state index is 0.666. The third-order valence-corrected chi connectivity index (χ3v) is 3.82. The quantitative estimate of drug-likeness (QED) is 0.833. The number of hydrogen-bond donors (Lipinski definition) is 1. The summed E-state index contributed by atoms with van der Waals surface area (Å²) in [5, 5.41) is 3.16. The van der Waals surface area contributed by atoms with E-state index in [0.29, 0.717) is 6.61 Å². The highest BCUT2D eigenvalue weighted by atomic mass is 16.5. The van der Waals surface area contributed by atoms with Gasteiger partial charge in [0.15, 0.2) is 0 Å². The van der Waals surface area contributed by atoms with Gasteiger partial charge < -0.3 is 14.8 Å². The van der Waals surface area contributed by atoms with Crippen LogP contribution in [0.2, 0.25) is 0 Å². The SMILES string of the molecule is CC=O.CNc1ccc(C2=C(C)COc3cccc(C)c32)cc1. The lowest BCUT2D eigenvalue weighted by Gasteiger charge is -2.24. The van der Waals surface area contributed by atoms with Crippen LogP contribution in [0.3, 0.4) is 0 Å². The number of hydrogen-bond acceptors (Lipinski definition) is 3. The summed E-state index contributed by atoms with van der Waals surface area (Å²) >= 11 is 0. The molecule has 120 valence electrons. The van der Waals surface area contributed by atoms with Crippen molar-refractivity contribution in [2.45, 2.75) is 20.8 Å². The van der Waals surface area contributed by atoms with Crippen LogP contribution in [0.25, 0.3) is 5.57 Å². The minimum absolute atomic E-state index is 0.666. The predicted octanol–water partition coefficient (Wildman–Crippen LogP) is 4.46. The van der Waals surface area contributed by atoms with Crippen LogP contribution >= 0.6 is 0 Å². The third-order valence-electron chi connectivity index (χ3n) is 3.82. The number of fused-ring (bicyclic) bond motifs is 1. The van der Waals surface area contributed by atoms with E-state index in [4.69, 9.17) is 9.53 Å². The first-order valence-electron chi connectivity index (χ1n) is 7.72. The zero-order valence-corrected chi connectivity index (χ0v) is 14.1. The number of carbonyl (C=O) groups excluding carboxylic acids is 1. The van der Waals surface area contributed by atoms with E-state index in [-0.39, 0.29) is 0 Å². The van der Waals surface area contributed by atoms with Gasteiger partial charge in [0, 0.05) is 18.3 Å². The topological polar surface area (TPSA) is 38.3 Å². The molecule has 0 radical (unpaired) electrons. The first-order chi connectivity index (χ1) is 11.1. The molecule has 0 fully saturated rings. The summed E-state index contributed by atoms with van der Waals surface area (Å²) in [6.07, 6.45) is 0.750. The van der Waals surface area contributed by atoms with Crippen molar-refractivity contribution in [2.24, 2.45) is 0 Å². The molecule has 1 aliphatic rings. The summed E-state index contributed by atoms with van der Waals surface area (Å²) in [6.45, 7) is 6.40. The van der Waals surface area contributed by atoms with Crippen molar-refractivity contribution in [3.63, 3.8) is 0 Å². The maximum atomic E-state index is 8.81. The Kier molecular flexibility index (Phi) is 5.58. The fourth-order valence-electron chi connectivity index (χ4n) is 2.75. The smallest absolute Gasteiger partial charge is 0.127 e. The van der Waals surface area contributed by atoms with Gasteiger partial charge in [0.1, 0.15) is 18.6 Å². The maximum absolute atomic E-state index is 8.81. The van der Waals surface area contributed by atoms with E-state index in [9.17, 15) is 0 Å². The Morgan fingerprint density at radius 1 is 1.09 bits per heavy atom. The van der Waals surface area contributed by atoms with Gasteiger partial charge in [-0.05, 0) is 61.2 Å². The van der Waals surface area contributed by atoms with Crippen LogP contribution in [-0.2, 0) is 4.79 Å². The normalized spacial score (nSPS) is 12.5. The van der Waals surface area contributed by atoms with Crippen molar-refractivity contribution < 1.29 is 9.53 Å². The van der Waals surface area contributed by atoms with Gasteiger partial charge in [0.25, 0.3) is 0 Å². The number of rotatable bonds is 2. The van der Waals surface area contributed by atoms with Gasteiger partial charge in [-0.15, -0.1) is 0 Å². The summed E-state index contributed by atoms with van der Waals surface area (Å²) in [5.74, 6) is 0.989. The van der Waals surface area contributed by atoms with Crippen LogP contribution in [0.5, 0.6) is 5.75 Å². The van der Waals surface area contributed by atoms with E-state index in [2.05, 4.69) is 61.6 Å². The molecule has 0 saturated heterocycles. The molecule has 1 heterocycles. The Labute approximate surface area is 138 Å². The standard InChI is InChI=1S/C18H19NO.C2H4O/c1-12-5-4-6-16-18(12)17(13(2)11-20-16)14-7-9-15(19-3)10-8-14;1-2-3/h4-10,19H,11H2,1-3H3;2H,1H3. The number of anilines is 1. The molecule has 0 amide bonds. The van der Waals surface area contributed by atoms with Crippen molar-refractivity contribution in [1.29, 1.82) is 0 Å². The number of ether oxygens (including phenoxy) is 1. The second kappa shape index (κ2) is 7.63. The lowest BCUT2D eigenvalue weighted by molar-refractivity contribution is -0.106. The van der Waals surface area contributed by atoms with Gasteiger partial charge in [-0.25, -0.2) is 0 Å². The van der Waals surface area contributed by atoms with Gasteiger partial charge in [-0.2, -0.15) is 0 Å². The van der Waals surface area contributed by atoms with Crippen LogP contribution in [0.4, 0.5) is 5.69 Å². The summed E-state index contributed by atoms with van der Waals surface area (Å²) in [4.78, 5) is 8.81. The molecule has 0 aliphatic carbocycles. The summed E-state index contributed by atoms with van der Waals surface area (Å²) in [5.41, 5.74) is 7.46. The van der Waals surface area contributed by atoms with Crippen molar-refractivity contribution in [3.05, 3.63) is 64.7 Å². The molecule has 0 atom stereocenters. The van der Waals surface area contributed by atoms with Crippen LogP contribution in [0.1, 0.15) is 30.5 Å². The maximum Gasteiger partial charge on any atom is 0.127 e. The average Bonchev–Trinajstić information content (AvgIpc) is 2.56. The number of nitrogens with one attached hydrogen (secondary N) is 1. The van der Waals surface area contributed by atoms with Gasteiger partial charge in [-0.1, -0.05) is 24.3 Å². The van der Waals surface area contributed by atoms with Crippen LogP contribution in [0.15, 0.2) is 48.0 Å². The lowest BCUT2D eigenvalue weighted by Crippen LogP contribution is -2.11. The van der Waals surface area contributed by atoms with E-state index in [1.54, 1.807) is 0 Å². The molecule has 23 heavy (non-hydrogen) atoms. The molecule has 0 unspecified atom stereocenters. The molecule has 2 aromatic carbocycles. The Balaban J connectivity index is 0.000000595. The Morgan fingerprint density at radius 3 is 2.35 bits per heavy atom. The van der Waals surface area contributed by atoms with E-state index in [1.807, 2.05) is 7.05 Å². The minimum Gasteiger partial charge on any atom is -0.489 e. The molecule has 0 spiro atoms. The van der Waals surface area contributed by atoms with Crippen molar-refractivity contribution >= 4 is 17.5 Å². The number of benzene rings is 2. The molecular weight excluding hydrogens is 286 g/mol. The van der Waals surface area contributed by atoms with Gasteiger partial charge in [0.2, 0.25) is 0 Å². The van der Waals surface area contributed by atoms with Crippen LogP contribution in [-0.4, -0.2) is 19.9 Å². The largest absolute Gasteiger partial charge is 0.489 e. The Bertz CT molecular complexity index is 715. The molecule has 0 bridgehead atoms. The van der Waals surface area contributed by atoms with E-state index in [1.165, 1.54) is 34.8 Å². The monoisotopic (exact) mass is 309 g/mol. The molecule has 1 aliphatic heterocycles. The predicted molar refractivity (Wildman–Crippen MR) is 96.1 cm³/mol. The Hall–Kier alpha value is -2.55. The van der Waals surface area contributed by atoms with Crippen LogP contribution in [0, 0.1) is 6.92 Å². The second-order valence-electron chi connectivity index (χ2n) is 5.46. The first-order valence-corrected chi connectivity index (χ1v) is 7.72. The highest BCUT2D eigenvalue weighted by Crippen LogP contribution is 2.39. The zero-order valence-electron chi connectivity index (χ0n) is 14.1. The third kappa shape index (κ3) is 3.62. The number of carbonyl (C=O) groups is 1. The molecule has 3 heteroatoms. The summed E-state index contributed by atoms with van der Waals surface area (Å²) in [6, 6.07) is 14.8. The van der Waals surface area contributed by atoms with Crippen LogP contribution < -0.4 is 10.1 Å². The summed E-state index contributed by atoms with van der Waals surface area (Å²) in [7, 11) is 1.94. The van der Waals surface area contributed by atoms with E-state index in [0.717, 1.165) is 17.7 Å². The van der Waals surface area contributed by atoms with Gasteiger partial charge >= 0.3 is 0 Å². The molecule has 0 aromatic heterocycles. The fraction of sp³-hybridized carbons (Fsp3) is 0.250. The molecule has 1 N–H and O–H groups in total. The molecule has 2 aromatic rings. The number of aryl methyl sites for hydroxylation is 1. The number of aldehydes is 1. The first kappa shape index (κ1) is 16.8. The average molecular weight is 309 g/mol. The lowest BCUT2D eigenvalue weighted by atomic mass is 9.89. The highest BCUT2D eigenvalue weighted by Gasteiger charge is 2.20. The van der Waals surface area contributed by atoms with E-state index < -0.39 is 0 Å². The molecule has 0 saturated carbocycles.